The van der Waals surface area contributed by atoms with Gasteiger partial charge in [0, 0.05) is 18.5 Å². The quantitative estimate of drug-likeness (QED) is 0.794. The monoisotopic (exact) mass is 347 g/mol. The largest absolute Gasteiger partial charge is 0.468 e. The van der Waals surface area contributed by atoms with Crippen LogP contribution < -0.4 is 9.47 Å². The number of methoxy groups -OCH3 is 1. The molecule has 0 spiro atoms. The van der Waals surface area contributed by atoms with Crippen molar-refractivity contribution in [1.29, 1.82) is 0 Å². The molecular formula is C16H17N3O6. The number of fused-ring (bicyclic) bond motifs is 1. The van der Waals surface area contributed by atoms with Gasteiger partial charge in [-0.3, -0.25) is 9.69 Å². The summed E-state index contributed by atoms with van der Waals surface area (Å²) in [5.41, 5.74) is 0.741. The fourth-order valence-electron chi connectivity index (χ4n) is 3.08. The Hall–Kier alpha value is -2.65. The van der Waals surface area contributed by atoms with E-state index in [-0.39, 0.29) is 19.3 Å². The number of nitrogens with zero attached hydrogens (tertiary/aromatic N) is 3. The normalized spacial score (nSPS) is 22.3. The number of hydrogen-bond acceptors (Lipinski definition) is 9. The van der Waals surface area contributed by atoms with E-state index in [0.717, 1.165) is 5.56 Å². The van der Waals surface area contributed by atoms with Gasteiger partial charge in [-0.1, -0.05) is 5.16 Å². The van der Waals surface area contributed by atoms with E-state index in [1.165, 1.54) is 7.11 Å². The van der Waals surface area contributed by atoms with Crippen molar-refractivity contribution >= 4 is 5.97 Å². The topological polar surface area (TPSA) is 107 Å². The zero-order valence-corrected chi connectivity index (χ0v) is 13.5. The summed E-state index contributed by atoms with van der Waals surface area (Å²) in [5, 5.41) is 13.8. The van der Waals surface area contributed by atoms with Crippen LogP contribution in [0.1, 0.15) is 12.3 Å². The van der Waals surface area contributed by atoms with E-state index in [1.54, 1.807) is 17.0 Å². The first-order valence-electron chi connectivity index (χ1n) is 7.86. The first-order valence-corrected chi connectivity index (χ1v) is 7.86. The Balaban J connectivity index is 1.50. The van der Waals surface area contributed by atoms with Crippen LogP contribution in [-0.2, 0) is 16.1 Å². The maximum Gasteiger partial charge on any atom is 0.323 e. The summed E-state index contributed by atoms with van der Waals surface area (Å²) in [7, 11) is 1.33. The molecule has 2 aliphatic heterocycles. The summed E-state index contributed by atoms with van der Waals surface area (Å²) in [6.45, 7) is 0.804. The van der Waals surface area contributed by atoms with Crippen molar-refractivity contribution in [1.82, 2.24) is 15.0 Å². The number of likely N-dealkylation sites (tertiary alicyclic amines) is 1. The zero-order chi connectivity index (χ0) is 17.4. The van der Waals surface area contributed by atoms with E-state index in [4.69, 9.17) is 18.7 Å². The van der Waals surface area contributed by atoms with Gasteiger partial charge in [-0.2, -0.15) is 4.98 Å². The molecule has 132 valence electrons. The molecule has 0 unspecified atom stereocenters. The molecule has 0 aliphatic carbocycles. The van der Waals surface area contributed by atoms with Gasteiger partial charge in [-0.05, 0) is 18.2 Å². The molecule has 2 aliphatic rings. The highest BCUT2D eigenvalue weighted by Crippen LogP contribution is 2.35. The average Bonchev–Trinajstić information content (AvgIpc) is 3.33. The predicted molar refractivity (Wildman–Crippen MR) is 82.7 cm³/mol. The Bertz CT molecular complexity index is 792. The third-order valence-electron chi connectivity index (χ3n) is 4.29. The summed E-state index contributed by atoms with van der Waals surface area (Å²) >= 11 is 0. The fraction of sp³-hybridized carbons (Fsp3) is 0.438. The van der Waals surface area contributed by atoms with E-state index in [9.17, 15) is 9.90 Å². The lowest BCUT2D eigenvalue weighted by Crippen LogP contribution is -2.36. The molecule has 3 heterocycles. The second kappa shape index (κ2) is 6.34. The van der Waals surface area contributed by atoms with E-state index in [0.29, 0.717) is 36.2 Å². The number of rotatable bonds is 4. The van der Waals surface area contributed by atoms with Gasteiger partial charge in [-0.15, -0.1) is 0 Å². The lowest BCUT2D eigenvalue weighted by atomic mass is 10.2. The van der Waals surface area contributed by atoms with Crippen molar-refractivity contribution in [2.75, 3.05) is 20.4 Å². The Kier molecular flexibility index (Phi) is 4.02. The predicted octanol–water partition coefficient (Wildman–Crippen LogP) is 0.573. The minimum absolute atomic E-state index is 0.197. The molecular weight excluding hydrogens is 330 g/mol. The van der Waals surface area contributed by atoms with Gasteiger partial charge in [0.05, 0.1) is 19.8 Å². The number of β-amino-alcohol motifs (C(OH)–C–C–N with tert-alkyl or cyclic N) is 1. The van der Waals surface area contributed by atoms with E-state index in [1.807, 2.05) is 6.07 Å². The van der Waals surface area contributed by atoms with Crippen LogP contribution in [-0.4, -0.2) is 58.7 Å². The van der Waals surface area contributed by atoms with Crippen molar-refractivity contribution in [2.45, 2.75) is 25.1 Å². The molecule has 25 heavy (non-hydrogen) atoms. The SMILES string of the molecule is COC(=O)[C@@H]1C[C@@H](O)CN1Cc1nc(-c2ccc3c(c2)OCO3)no1. The maximum absolute atomic E-state index is 11.8. The minimum Gasteiger partial charge on any atom is -0.468 e. The highest BCUT2D eigenvalue weighted by molar-refractivity contribution is 5.76. The van der Waals surface area contributed by atoms with Gasteiger partial charge in [-0.25, -0.2) is 0 Å². The molecule has 9 heteroatoms. The van der Waals surface area contributed by atoms with Gasteiger partial charge in [0.1, 0.15) is 6.04 Å². The van der Waals surface area contributed by atoms with E-state index >= 15 is 0 Å². The first-order chi connectivity index (χ1) is 12.1. The summed E-state index contributed by atoms with van der Waals surface area (Å²) < 4.78 is 20.7. The van der Waals surface area contributed by atoms with Gasteiger partial charge in [0.2, 0.25) is 18.5 Å². The van der Waals surface area contributed by atoms with Crippen LogP contribution in [0, 0.1) is 0 Å². The number of aliphatic hydroxyl groups excluding tert-OH is 1. The average molecular weight is 347 g/mol. The lowest BCUT2D eigenvalue weighted by molar-refractivity contribution is -0.146. The van der Waals surface area contributed by atoms with Crippen LogP contribution in [0.25, 0.3) is 11.4 Å². The molecule has 0 bridgehead atoms. The van der Waals surface area contributed by atoms with E-state index < -0.39 is 12.1 Å². The molecule has 0 amide bonds. The molecule has 2 atom stereocenters. The molecule has 4 rings (SSSR count). The molecule has 1 saturated heterocycles. The number of aromatic nitrogens is 2. The highest BCUT2D eigenvalue weighted by atomic mass is 16.7. The second-order valence-corrected chi connectivity index (χ2v) is 5.94. The van der Waals surface area contributed by atoms with E-state index in [2.05, 4.69) is 10.1 Å². The van der Waals surface area contributed by atoms with Crippen LogP contribution in [0.4, 0.5) is 0 Å². The number of carbonyl (C=O) groups excluding carboxylic acids is 1. The summed E-state index contributed by atoms with van der Waals surface area (Å²) in [4.78, 5) is 18.0. The molecule has 1 N–H and O–H groups in total. The van der Waals surface area contributed by atoms with Crippen LogP contribution in [0.2, 0.25) is 0 Å². The summed E-state index contributed by atoms with van der Waals surface area (Å²) in [5.74, 6) is 1.71. The summed E-state index contributed by atoms with van der Waals surface area (Å²) in [6.07, 6.45) is -0.254. The summed E-state index contributed by atoms with van der Waals surface area (Å²) in [6, 6.07) is 4.88. The molecule has 1 aromatic heterocycles. The van der Waals surface area contributed by atoms with Gasteiger partial charge in [0.25, 0.3) is 0 Å². The smallest absolute Gasteiger partial charge is 0.323 e. The maximum atomic E-state index is 11.8. The third kappa shape index (κ3) is 3.03. The standard InChI is InChI=1S/C16H17N3O6/c1-22-16(21)11-5-10(20)6-19(11)7-14-17-15(18-25-14)9-2-3-12-13(4-9)24-8-23-12/h2-4,10-11,20H,5-8H2,1H3/t10-,11+/m1/s1. The molecule has 0 saturated carbocycles. The van der Waals surface area contributed by atoms with Gasteiger partial charge >= 0.3 is 5.97 Å². The van der Waals surface area contributed by atoms with Gasteiger partial charge in [0.15, 0.2) is 11.5 Å². The minimum atomic E-state index is -0.583. The first kappa shape index (κ1) is 15.9. The molecule has 0 radical (unpaired) electrons. The van der Waals surface area contributed by atoms with Crippen molar-refractivity contribution in [3.05, 3.63) is 24.1 Å². The van der Waals surface area contributed by atoms with Crippen molar-refractivity contribution in [3.63, 3.8) is 0 Å². The molecule has 9 nitrogen and oxygen atoms in total. The fourth-order valence-corrected chi connectivity index (χ4v) is 3.08. The number of benzene rings is 1. The molecule has 2 aromatic rings. The Morgan fingerprint density at radius 2 is 2.24 bits per heavy atom. The van der Waals surface area contributed by atoms with Crippen LogP contribution in [0.15, 0.2) is 22.7 Å². The van der Waals surface area contributed by atoms with Crippen LogP contribution >= 0.6 is 0 Å². The van der Waals surface area contributed by atoms with Crippen LogP contribution in [0.5, 0.6) is 11.5 Å². The Morgan fingerprint density at radius 3 is 3.08 bits per heavy atom. The Labute approximate surface area is 143 Å². The number of ether oxygens (including phenoxy) is 3. The number of hydrogen-bond donors (Lipinski definition) is 1. The highest BCUT2D eigenvalue weighted by Gasteiger charge is 2.37. The molecule has 1 fully saturated rings. The van der Waals surface area contributed by atoms with Gasteiger partial charge < -0.3 is 23.8 Å². The van der Waals surface area contributed by atoms with Crippen molar-refractivity contribution < 1.29 is 28.6 Å². The Morgan fingerprint density at radius 1 is 1.40 bits per heavy atom. The van der Waals surface area contributed by atoms with Crippen molar-refractivity contribution in [3.8, 4) is 22.9 Å². The third-order valence-corrected chi connectivity index (χ3v) is 4.29. The van der Waals surface area contributed by atoms with Crippen LogP contribution in [0.3, 0.4) is 0 Å². The number of carbonyl (C=O) groups is 1. The molecule has 1 aromatic carbocycles. The van der Waals surface area contributed by atoms with Crippen molar-refractivity contribution in [2.24, 2.45) is 0 Å². The lowest BCUT2D eigenvalue weighted by Gasteiger charge is -2.19. The second-order valence-electron chi connectivity index (χ2n) is 5.94. The zero-order valence-electron chi connectivity index (χ0n) is 13.5. The number of aliphatic hydroxyl groups is 1. The number of esters is 1.